The Bertz CT molecular complexity index is 925. The largest absolute Gasteiger partial charge is 0.476 e. The summed E-state index contributed by atoms with van der Waals surface area (Å²) in [5.74, 6) is -0.262. The summed E-state index contributed by atoms with van der Waals surface area (Å²) in [5.41, 5.74) is 0.906. The smallest absolute Gasteiger partial charge is 0.273 e. The van der Waals surface area contributed by atoms with Gasteiger partial charge in [-0.2, -0.15) is 0 Å². The molecule has 1 atom stereocenters. The highest BCUT2D eigenvalue weighted by Crippen LogP contribution is 2.35. The summed E-state index contributed by atoms with van der Waals surface area (Å²) in [4.78, 5) is 39.1. The molecular formula is C19H19N3O5. The fourth-order valence-corrected chi connectivity index (χ4v) is 3.04. The van der Waals surface area contributed by atoms with Crippen LogP contribution in [0.25, 0.3) is 0 Å². The van der Waals surface area contributed by atoms with Crippen LogP contribution < -0.4 is 9.64 Å². The van der Waals surface area contributed by atoms with E-state index in [-0.39, 0.29) is 29.3 Å². The van der Waals surface area contributed by atoms with Crippen LogP contribution in [0, 0.1) is 17.0 Å². The molecule has 0 fully saturated rings. The van der Waals surface area contributed by atoms with Crippen molar-refractivity contribution in [3.63, 3.8) is 0 Å². The molecule has 0 aromatic heterocycles. The maximum Gasteiger partial charge on any atom is 0.273 e. The lowest BCUT2D eigenvalue weighted by Crippen LogP contribution is -2.50. The van der Waals surface area contributed by atoms with Gasteiger partial charge in [0.05, 0.1) is 17.2 Å². The summed E-state index contributed by atoms with van der Waals surface area (Å²) in [6, 6.07) is 11.3. The Balaban J connectivity index is 2.04. The van der Waals surface area contributed by atoms with E-state index in [4.69, 9.17) is 4.74 Å². The third kappa shape index (κ3) is 3.33. The number of benzene rings is 2. The average Bonchev–Trinajstić information content (AvgIpc) is 2.65. The van der Waals surface area contributed by atoms with E-state index in [1.807, 2.05) is 0 Å². The van der Waals surface area contributed by atoms with Crippen molar-refractivity contribution >= 4 is 23.2 Å². The predicted octanol–water partition coefficient (Wildman–Crippen LogP) is 2.40. The number of nitro benzene ring substituents is 1. The number of amides is 2. The van der Waals surface area contributed by atoms with Gasteiger partial charge in [-0.05, 0) is 25.1 Å². The monoisotopic (exact) mass is 369 g/mol. The molecule has 0 aliphatic carbocycles. The number of hydrogen-bond donors (Lipinski definition) is 0. The molecule has 8 nitrogen and oxygen atoms in total. The minimum atomic E-state index is -0.849. The zero-order valence-corrected chi connectivity index (χ0v) is 15.2. The van der Waals surface area contributed by atoms with Crippen LogP contribution in [0.3, 0.4) is 0 Å². The molecule has 0 saturated carbocycles. The number of rotatable bonds is 3. The minimum absolute atomic E-state index is 0.0228. The molecule has 27 heavy (non-hydrogen) atoms. The quantitative estimate of drug-likeness (QED) is 0.612. The van der Waals surface area contributed by atoms with Crippen molar-refractivity contribution in [3.8, 4) is 5.75 Å². The first-order chi connectivity index (χ1) is 12.8. The molecular weight excluding hydrogens is 350 g/mol. The van der Waals surface area contributed by atoms with Crippen molar-refractivity contribution in [2.75, 3.05) is 25.5 Å². The molecule has 0 bridgehead atoms. The summed E-state index contributed by atoms with van der Waals surface area (Å²) >= 11 is 0. The van der Waals surface area contributed by atoms with E-state index in [1.54, 1.807) is 51.4 Å². The second-order valence-corrected chi connectivity index (χ2v) is 6.43. The van der Waals surface area contributed by atoms with E-state index in [0.717, 1.165) is 0 Å². The summed E-state index contributed by atoms with van der Waals surface area (Å²) in [7, 11) is 3.23. The number of carbonyl (C=O) groups is 2. The second-order valence-electron chi connectivity index (χ2n) is 6.43. The summed E-state index contributed by atoms with van der Waals surface area (Å²) in [6.07, 6.45) is -0.849. The van der Waals surface area contributed by atoms with Gasteiger partial charge in [0.15, 0.2) is 6.10 Å². The summed E-state index contributed by atoms with van der Waals surface area (Å²) < 4.78 is 5.77. The number of ether oxygens (including phenoxy) is 1. The van der Waals surface area contributed by atoms with E-state index < -0.39 is 16.9 Å². The topological polar surface area (TPSA) is 93.0 Å². The molecule has 1 heterocycles. The lowest BCUT2D eigenvalue weighted by Gasteiger charge is -2.35. The second kappa shape index (κ2) is 7.06. The van der Waals surface area contributed by atoms with Gasteiger partial charge in [-0.25, -0.2) is 0 Å². The molecule has 2 aromatic carbocycles. The van der Waals surface area contributed by atoms with Crippen LogP contribution in [0.5, 0.6) is 5.75 Å². The molecule has 8 heteroatoms. The van der Waals surface area contributed by atoms with Crippen molar-refractivity contribution in [1.29, 1.82) is 0 Å². The third-order valence-electron chi connectivity index (χ3n) is 4.47. The van der Waals surface area contributed by atoms with Crippen LogP contribution in [0.15, 0.2) is 42.5 Å². The van der Waals surface area contributed by atoms with Crippen molar-refractivity contribution < 1.29 is 19.2 Å². The first-order valence-electron chi connectivity index (χ1n) is 8.34. The Morgan fingerprint density at radius 3 is 2.56 bits per heavy atom. The van der Waals surface area contributed by atoms with E-state index in [9.17, 15) is 19.7 Å². The Morgan fingerprint density at radius 1 is 1.19 bits per heavy atom. The van der Waals surface area contributed by atoms with Gasteiger partial charge in [-0.1, -0.05) is 18.2 Å². The highest BCUT2D eigenvalue weighted by Gasteiger charge is 2.35. The molecule has 0 N–H and O–H groups in total. The Kier molecular flexibility index (Phi) is 4.81. The molecule has 140 valence electrons. The average molecular weight is 369 g/mol. The van der Waals surface area contributed by atoms with Crippen molar-refractivity contribution in [1.82, 2.24) is 4.90 Å². The lowest BCUT2D eigenvalue weighted by molar-refractivity contribution is -0.385. The van der Waals surface area contributed by atoms with Crippen molar-refractivity contribution in [3.05, 3.63) is 63.7 Å². The van der Waals surface area contributed by atoms with Crippen LogP contribution in [0.4, 0.5) is 11.4 Å². The van der Waals surface area contributed by atoms with E-state index in [0.29, 0.717) is 11.4 Å². The van der Waals surface area contributed by atoms with E-state index in [2.05, 4.69) is 0 Å². The number of para-hydroxylation sites is 2. The highest BCUT2D eigenvalue weighted by molar-refractivity contribution is 6.09. The van der Waals surface area contributed by atoms with Gasteiger partial charge in [0.1, 0.15) is 5.75 Å². The van der Waals surface area contributed by atoms with Gasteiger partial charge in [-0.15, -0.1) is 0 Å². The van der Waals surface area contributed by atoms with Gasteiger partial charge < -0.3 is 14.5 Å². The van der Waals surface area contributed by atoms with Crippen LogP contribution in [0.1, 0.15) is 15.9 Å². The zero-order valence-electron chi connectivity index (χ0n) is 15.2. The van der Waals surface area contributed by atoms with Gasteiger partial charge in [0.25, 0.3) is 17.5 Å². The first kappa shape index (κ1) is 18.4. The Morgan fingerprint density at radius 2 is 1.89 bits per heavy atom. The van der Waals surface area contributed by atoms with Crippen molar-refractivity contribution in [2.45, 2.75) is 13.0 Å². The van der Waals surface area contributed by atoms with Gasteiger partial charge in [0, 0.05) is 31.3 Å². The third-order valence-corrected chi connectivity index (χ3v) is 4.47. The number of hydrogen-bond acceptors (Lipinski definition) is 5. The lowest BCUT2D eigenvalue weighted by atomic mass is 10.0. The summed E-state index contributed by atoms with van der Waals surface area (Å²) in [6.45, 7) is 1.56. The molecule has 1 aliphatic heterocycles. The molecule has 0 spiro atoms. The van der Waals surface area contributed by atoms with Crippen LogP contribution in [-0.2, 0) is 4.79 Å². The zero-order chi connectivity index (χ0) is 19.7. The standard InChI is InChI=1S/C19H19N3O5/c1-12-13(7-6-9-14(12)22(25)26)18(23)21-11-17(19(24)20(2)3)27-16-10-5-4-8-15(16)21/h4-10,17H,11H2,1-3H3/t17-/m0/s1. The molecule has 0 saturated heterocycles. The predicted molar refractivity (Wildman–Crippen MR) is 99.1 cm³/mol. The number of anilines is 1. The number of carbonyl (C=O) groups excluding carboxylic acids is 2. The Labute approximate surface area is 156 Å². The van der Waals surface area contributed by atoms with Gasteiger partial charge >= 0.3 is 0 Å². The number of nitro groups is 1. The fourth-order valence-electron chi connectivity index (χ4n) is 3.04. The molecule has 1 aliphatic rings. The maximum absolute atomic E-state index is 13.2. The number of nitrogens with zero attached hydrogens (tertiary/aromatic N) is 3. The molecule has 0 radical (unpaired) electrons. The fraction of sp³-hybridized carbons (Fsp3) is 0.263. The van der Waals surface area contributed by atoms with E-state index in [1.165, 1.54) is 21.9 Å². The van der Waals surface area contributed by atoms with Crippen LogP contribution >= 0.6 is 0 Å². The molecule has 0 unspecified atom stereocenters. The highest BCUT2D eigenvalue weighted by atomic mass is 16.6. The number of likely N-dealkylation sites (N-methyl/N-ethyl adjacent to an activating group) is 1. The van der Waals surface area contributed by atoms with Crippen molar-refractivity contribution in [2.24, 2.45) is 0 Å². The van der Waals surface area contributed by atoms with E-state index >= 15 is 0 Å². The number of fused-ring (bicyclic) bond motifs is 1. The maximum atomic E-state index is 13.2. The van der Waals surface area contributed by atoms with Crippen LogP contribution in [-0.4, -0.2) is 48.4 Å². The normalized spacial score (nSPS) is 15.5. The summed E-state index contributed by atoms with van der Waals surface area (Å²) in [5, 5.41) is 11.2. The minimum Gasteiger partial charge on any atom is -0.476 e. The molecule has 2 amide bonds. The van der Waals surface area contributed by atoms with Gasteiger partial charge in [-0.3, -0.25) is 19.7 Å². The van der Waals surface area contributed by atoms with Crippen LogP contribution in [0.2, 0.25) is 0 Å². The van der Waals surface area contributed by atoms with Gasteiger partial charge in [0.2, 0.25) is 0 Å². The SMILES string of the molecule is Cc1c(C(=O)N2C[C@@H](C(=O)N(C)C)Oc3ccccc32)cccc1[N+](=O)[O-]. The molecule has 2 aromatic rings. The molecule has 3 rings (SSSR count). The first-order valence-corrected chi connectivity index (χ1v) is 8.34. The Hall–Kier alpha value is -3.42.